The van der Waals surface area contributed by atoms with Crippen molar-refractivity contribution in [2.75, 3.05) is 39.3 Å². The van der Waals surface area contributed by atoms with Gasteiger partial charge >= 0.3 is 0 Å². The van der Waals surface area contributed by atoms with Crippen LogP contribution >= 0.6 is 0 Å². The highest BCUT2D eigenvalue weighted by Crippen LogP contribution is 2.10. The average Bonchev–Trinajstić information content (AvgIpc) is 2.39. The Balaban J connectivity index is 2.56. The van der Waals surface area contributed by atoms with E-state index in [9.17, 15) is 4.79 Å². The van der Waals surface area contributed by atoms with Crippen molar-refractivity contribution in [1.82, 2.24) is 9.80 Å². The molecule has 0 spiro atoms. The van der Waals surface area contributed by atoms with E-state index < -0.39 is 0 Å². The van der Waals surface area contributed by atoms with E-state index in [0.717, 1.165) is 26.2 Å². The summed E-state index contributed by atoms with van der Waals surface area (Å²) >= 11 is 0. The van der Waals surface area contributed by atoms with Gasteiger partial charge in [-0.3, -0.25) is 9.69 Å². The van der Waals surface area contributed by atoms with Gasteiger partial charge in [0.2, 0.25) is 5.91 Å². The smallest absolute Gasteiger partial charge is 0.239 e. The second-order valence-corrected chi connectivity index (χ2v) is 4.41. The van der Waals surface area contributed by atoms with Crippen molar-refractivity contribution in [1.29, 1.82) is 0 Å². The molecule has 2 unspecified atom stereocenters. The second-order valence-electron chi connectivity index (χ2n) is 4.41. The van der Waals surface area contributed by atoms with Crippen LogP contribution in [0.2, 0.25) is 0 Å². The zero-order valence-electron chi connectivity index (χ0n) is 11.2. The standard InChI is InChI=1S/C12H25N3O2/c1-4-14(5-2)12(16)10(3)15-6-7-17-11(8-13)9-15/h10-11H,4-9,13H2,1-3H3. The highest BCUT2D eigenvalue weighted by atomic mass is 16.5. The first-order valence-corrected chi connectivity index (χ1v) is 6.48. The maximum Gasteiger partial charge on any atom is 0.239 e. The molecule has 1 aliphatic heterocycles. The summed E-state index contributed by atoms with van der Waals surface area (Å²) in [6.45, 7) is 10.3. The first-order valence-electron chi connectivity index (χ1n) is 6.48. The van der Waals surface area contributed by atoms with E-state index in [1.165, 1.54) is 0 Å². The number of amides is 1. The van der Waals surface area contributed by atoms with Gasteiger partial charge in [0.1, 0.15) is 0 Å². The minimum atomic E-state index is -0.0761. The fourth-order valence-corrected chi connectivity index (χ4v) is 2.19. The fourth-order valence-electron chi connectivity index (χ4n) is 2.19. The van der Waals surface area contributed by atoms with Crippen molar-refractivity contribution in [3.05, 3.63) is 0 Å². The number of nitrogens with zero attached hydrogens (tertiary/aromatic N) is 2. The third kappa shape index (κ3) is 3.66. The van der Waals surface area contributed by atoms with Crippen LogP contribution in [0, 0.1) is 0 Å². The molecule has 1 heterocycles. The Morgan fingerprint density at radius 3 is 2.71 bits per heavy atom. The Morgan fingerprint density at radius 2 is 2.18 bits per heavy atom. The van der Waals surface area contributed by atoms with E-state index in [1.54, 1.807) is 0 Å². The molecule has 1 fully saturated rings. The normalized spacial score (nSPS) is 23.4. The Hall–Kier alpha value is -0.650. The lowest BCUT2D eigenvalue weighted by Crippen LogP contribution is -2.54. The molecule has 0 radical (unpaired) electrons. The molecular weight excluding hydrogens is 218 g/mol. The molecule has 0 aromatic heterocycles. The van der Waals surface area contributed by atoms with Gasteiger partial charge in [-0.2, -0.15) is 0 Å². The van der Waals surface area contributed by atoms with Gasteiger partial charge in [-0.25, -0.2) is 0 Å². The average molecular weight is 243 g/mol. The Labute approximate surface area is 104 Å². The molecular formula is C12H25N3O2. The molecule has 100 valence electrons. The molecule has 5 nitrogen and oxygen atoms in total. The summed E-state index contributed by atoms with van der Waals surface area (Å²) in [5.41, 5.74) is 5.61. The van der Waals surface area contributed by atoms with Crippen LogP contribution < -0.4 is 5.73 Å². The van der Waals surface area contributed by atoms with Gasteiger partial charge in [0.25, 0.3) is 0 Å². The summed E-state index contributed by atoms with van der Waals surface area (Å²) in [5, 5.41) is 0. The number of carbonyl (C=O) groups excluding carboxylic acids is 1. The fraction of sp³-hybridized carbons (Fsp3) is 0.917. The molecule has 0 aromatic rings. The largest absolute Gasteiger partial charge is 0.374 e. The van der Waals surface area contributed by atoms with Crippen LogP contribution in [0.4, 0.5) is 0 Å². The number of ether oxygens (including phenoxy) is 1. The lowest BCUT2D eigenvalue weighted by molar-refractivity contribution is -0.139. The molecule has 1 saturated heterocycles. The van der Waals surface area contributed by atoms with Crippen molar-refractivity contribution in [2.45, 2.75) is 32.9 Å². The van der Waals surface area contributed by atoms with E-state index in [-0.39, 0.29) is 18.1 Å². The summed E-state index contributed by atoms with van der Waals surface area (Å²) in [7, 11) is 0. The minimum absolute atomic E-state index is 0.0655. The number of likely N-dealkylation sites (N-methyl/N-ethyl adjacent to an activating group) is 1. The van der Waals surface area contributed by atoms with Gasteiger partial charge < -0.3 is 15.4 Å². The topological polar surface area (TPSA) is 58.8 Å². The molecule has 5 heteroatoms. The number of nitrogens with two attached hydrogens (primary N) is 1. The van der Waals surface area contributed by atoms with Crippen LogP contribution in [0.15, 0.2) is 0 Å². The summed E-state index contributed by atoms with van der Waals surface area (Å²) < 4.78 is 5.51. The summed E-state index contributed by atoms with van der Waals surface area (Å²) in [6.07, 6.45) is 0.0655. The minimum Gasteiger partial charge on any atom is -0.374 e. The van der Waals surface area contributed by atoms with Gasteiger partial charge in [0.05, 0.1) is 18.8 Å². The zero-order valence-corrected chi connectivity index (χ0v) is 11.2. The Morgan fingerprint density at radius 1 is 1.53 bits per heavy atom. The van der Waals surface area contributed by atoms with E-state index >= 15 is 0 Å². The van der Waals surface area contributed by atoms with Gasteiger partial charge in [-0.15, -0.1) is 0 Å². The quantitative estimate of drug-likeness (QED) is 0.733. The molecule has 0 aromatic carbocycles. The molecule has 1 rings (SSSR count). The zero-order chi connectivity index (χ0) is 12.8. The molecule has 1 aliphatic rings. The molecule has 0 bridgehead atoms. The molecule has 0 aliphatic carbocycles. The summed E-state index contributed by atoms with van der Waals surface area (Å²) in [4.78, 5) is 16.3. The molecule has 2 atom stereocenters. The van der Waals surface area contributed by atoms with Gasteiger partial charge in [0.15, 0.2) is 0 Å². The second kappa shape index (κ2) is 6.93. The third-order valence-corrected chi connectivity index (χ3v) is 3.41. The first-order chi connectivity index (χ1) is 8.13. The van der Waals surface area contributed by atoms with E-state index in [1.807, 2.05) is 25.7 Å². The van der Waals surface area contributed by atoms with Crippen LogP contribution in [0.1, 0.15) is 20.8 Å². The van der Waals surface area contributed by atoms with Crippen LogP contribution in [-0.4, -0.2) is 67.2 Å². The highest BCUT2D eigenvalue weighted by molar-refractivity contribution is 5.81. The number of rotatable bonds is 5. The number of hydrogen-bond acceptors (Lipinski definition) is 4. The van der Waals surface area contributed by atoms with E-state index in [0.29, 0.717) is 13.2 Å². The molecule has 2 N–H and O–H groups in total. The summed E-state index contributed by atoms with van der Waals surface area (Å²) in [6, 6.07) is -0.0761. The predicted octanol–water partition coefficient (Wildman–Crippen LogP) is -0.0972. The number of hydrogen-bond donors (Lipinski definition) is 1. The summed E-state index contributed by atoms with van der Waals surface area (Å²) in [5.74, 6) is 0.202. The van der Waals surface area contributed by atoms with Crippen LogP contribution in [-0.2, 0) is 9.53 Å². The van der Waals surface area contributed by atoms with Gasteiger partial charge in [-0.1, -0.05) is 0 Å². The van der Waals surface area contributed by atoms with Crippen LogP contribution in [0.25, 0.3) is 0 Å². The SMILES string of the molecule is CCN(CC)C(=O)C(C)N1CCOC(CN)C1. The Bertz CT molecular complexity index is 244. The maximum absolute atomic E-state index is 12.2. The molecule has 0 saturated carbocycles. The lowest BCUT2D eigenvalue weighted by Gasteiger charge is -2.37. The molecule has 1 amide bonds. The van der Waals surface area contributed by atoms with Crippen molar-refractivity contribution in [3.63, 3.8) is 0 Å². The Kier molecular flexibility index (Phi) is 5.88. The van der Waals surface area contributed by atoms with Crippen molar-refractivity contribution in [2.24, 2.45) is 5.73 Å². The number of morpholine rings is 1. The van der Waals surface area contributed by atoms with Crippen LogP contribution in [0.5, 0.6) is 0 Å². The van der Waals surface area contributed by atoms with Gasteiger partial charge in [0, 0.05) is 32.7 Å². The lowest BCUT2D eigenvalue weighted by atomic mass is 10.2. The number of carbonyl (C=O) groups is 1. The monoisotopic (exact) mass is 243 g/mol. The van der Waals surface area contributed by atoms with Crippen molar-refractivity contribution < 1.29 is 9.53 Å². The van der Waals surface area contributed by atoms with Crippen molar-refractivity contribution in [3.8, 4) is 0 Å². The predicted molar refractivity (Wildman–Crippen MR) is 67.8 cm³/mol. The van der Waals surface area contributed by atoms with Gasteiger partial charge in [-0.05, 0) is 20.8 Å². The third-order valence-electron chi connectivity index (χ3n) is 3.41. The van der Waals surface area contributed by atoms with E-state index in [2.05, 4.69) is 4.90 Å². The van der Waals surface area contributed by atoms with Crippen molar-refractivity contribution >= 4 is 5.91 Å². The van der Waals surface area contributed by atoms with E-state index in [4.69, 9.17) is 10.5 Å². The van der Waals surface area contributed by atoms with Crippen LogP contribution in [0.3, 0.4) is 0 Å². The maximum atomic E-state index is 12.2. The highest BCUT2D eigenvalue weighted by Gasteiger charge is 2.28. The molecule has 17 heavy (non-hydrogen) atoms. The first kappa shape index (κ1) is 14.4.